The molecule has 0 aliphatic carbocycles. The molecule has 0 amide bonds. The Balaban J connectivity index is 1.81. The van der Waals surface area contributed by atoms with Crippen molar-refractivity contribution in [3.63, 3.8) is 0 Å². The zero-order valence-corrected chi connectivity index (χ0v) is 11.4. The highest BCUT2D eigenvalue weighted by Crippen LogP contribution is 2.22. The predicted molar refractivity (Wildman–Crippen MR) is 79.4 cm³/mol. The van der Waals surface area contributed by atoms with Crippen molar-refractivity contribution in [2.24, 2.45) is 0 Å². The minimum absolute atomic E-state index is 0.822. The van der Waals surface area contributed by atoms with Crippen LogP contribution in [0.25, 0.3) is 0 Å². The smallest absolute Gasteiger partial charge is 0.0455 e. The van der Waals surface area contributed by atoms with Crippen LogP contribution in [0.5, 0.6) is 0 Å². The van der Waals surface area contributed by atoms with Gasteiger partial charge in [0.1, 0.15) is 0 Å². The van der Waals surface area contributed by atoms with Gasteiger partial charge in [-0.3, -0.25) is 0 Å². The molecule has 0 fully saturated rings. The third-order valence-corrected chi connectivity index (χ3v) is 3.48. The first-order valence-electron chi connectivity index (χ1n) is 6.30. The van der Waals surface area contributed by atoms with Crippen LogP contribution in [-0.2, 0) is 6.42 Å². The molecule has 0 bridgehead atoms. The van der Waals surface area contributed by atoms with E-state index in [9.17, 15) is 0 Å². The molecule has 0 aliphatic rings. The number of hydrogen-bond donors (Lipinski definition) is 1. The fourth-order valence-corrected chi connectivity index (χ4v) is 2.13. The maximum absolute atomic E-state index is 6.08. The van der Waals surface area contributed by atoms with E-state index in [0.717, 1.165) is 35.7 Å². The molecule has 0 atom stereocenters. The molecule has 0 aliphatic heterocycles. The molecule has 2 aromatic rings. The Bertz CT molecular complexity index is 494. The first kappa shape index (κ1) is 13.0. The number of nitrogens with one attached hydrogen (secondary N) is 1. The van der Waals surface area contributed by atoms with Crippen molar-refractivity contribution in [2.75, 3.05) is 11.9 Å². The van der Waals surface area contributed by atoms with Crippen LogP contribution in [0.2, 0.25) is 5.02 Å². The van der Waals surface area contributed by atoms with Crippen molar-refractivity contribution >= 4 is 17.3 Å². The van der Waals surface area contributed by atoms with Crippen LogP contribution >= 0.6 is 11.6 Å². The molecule has 1 N–H and O–H groups in total. The maximum atomic E-state index is 6.08. The monoisotopic (exact) mass is 259 g/mol. The Morgan fingerprint density at radius 1 is 1.00 bits per heavy atom. The van der Waals surface area contributed by atoms with Gasteiger partial charge in [0.15, 0.2) is 0 Å². The Kier molecular flexibility index (Phi) is 4.66. The van der Waals surface area contributed by atoms with Gasteiger partial charge in [-0.1, -0.05) is 48.0 Å². The van der Waals surface area contributed by atoms with E-state index in [4.69, 9.17) is 11.6 Å². The summed E-state index contributed by atoms with van der Waals surface area (Å²) in [7, 11) is 0. The number of rotatable bonds is 5. The fourth-order valence-electron chi connectivity index (χ4n) is 1.96. The van der Waals surface area contributed by atoms with Crippen molar-refractivity contribution in [1.29, 1.82) is 0 Å². The number of halogens is 1. The Hall–Kier alpha value is -1.47. The van der Waals surface area contributed by atoms with Gasteiger partial charge in [0, 0.05) is 17.3 Å². The Morgan fingerprint density at radius 2 is 1.78 bits per heavy atom. The summed E-state index contributed by atoms with van der Waals surface area (Å²) >= 11 is 6.08. The molecule has 0 saturated carbocycles. The molecular weight excluding hydrogens is 242 g/mol. The van der Waals surface area contributed by atoms with E-state index >= 15 is 0 Å². The highest BCUT2D eigenvalue weighted by molar-refractivity contribution is 6.31. The summed E-state index contributed by atoms with van der Waals surface area (Å²) in [5, 5.41) is 4.26. The highest BCUT2D eigenvalue weighted by Gasteiger charge is 2.00. The molecule has 2 heteroatoms. The van der Waals surface area contributed by atoms with E-state index in [0.29, 0.717) is 0 Å². The zero-order chi connectivity index (χ0) is 12.8. The number of aryl methyl sites for hydroxylation is 1. The highest BCUT2D eigenvalue weighted by atomic mass is 35.5. The van der Waals surface area contributed by atoms with E-state index in [1.165, 1.54) is 5.56 Å². The summed E-state index contributed by atoms with van der Waals surface area (Å²) in [6.07, 6.45) is 2.23. The molecule has 0 heterocycles. The second-order valence-electron chi connectivity index (χ2n) is 4.43. The lowest BCUT2D eigenvalue weighted by molar-refractivity contribution is 0.862. The van der Waals surface area contributed by atoms with Gasteiger partial charge < -0.3 is 5.32 Å². The van der Waals surface area contributed by atoms with Gasteiger partial charge >= 0.3 is 0 Å². The van der Waals surface area contributed by atoms with Gasteiger partial charge in [0.25, 0.3) is 0 Å². The third-order valence-electron chi connectivity index (χ3n) is 3.07. The van der Waals surface area contributed by atoms with Crippen LogP contribution in [0.3, 0.4) is 0 Å². The molecule has 0 aromatic heterocycles. The van der Waals surface area contributed by atoms with Crippen molar-refractivity contribution in [1.82, 2.24) is 0 Å². The summed E-state index contributed by atoms with van der Waals surface area (Å²) in [5.41, 5.74) is 3.65. The Labute approximate surface area is 114 Å². The van der Waals surface area contributed by atoms with E-state index in [1.807, 2.05) is 19.1 Å². The van der Waals surface area contributed by atoms with Crippen molar-refractivity contribution in [3.8, 4) is 0 Å². The molecule has 2 aromatic carbocycles. The standard InChI is InChI=1S/C16H18ClN/c1-13-15(17)10-5-11-16(13)18-12-6-9-14-7-3-2-4-8-14/h2-5,7-8,10-11,18H,6,9,12H2,1H3. The first-order chi connectivity index (χ1) is 8.77. The van der Waals surface area contributed by atoms with Gasteiger partial charge in [0.05, 0.1) is 0 Å². The van der Waals surface area contributed by atoms with Gasteiger partial charge in [-0.2, -0.15) is 0 Å². The SMILES string of the molecule is Cc1c(Cl)cccc1NCCCc1ccccc1. The second-order valence-corrected chi connectivity index (χ2v) is 4.84. The molecule has 1 nitrogen and oxygen atoms in total. The molecule has 18 heavy (non-hydrogen) atoms. The summed E-state index contributed by atoms with van der Waals surface area (Å²) < 4.78 is 0. The van der Waals surface area contributed by atoms with Crippen LogP contribution in [0.1, 0.15) is 17.5 Å². The second kappa shape index (κ2) is 6.46. The Morgan fingerprint density at radius 3 is 2.56 bits per heavy atom. The van der Waals surface area contributed by atoms with Gasteiger partial charge in [-0.15, -0.1) is 0 Å². The molecule has 0 unspecified atom stereocenters. The summed E-state index contributed by atoms with van der Waals surface area (Å²) in [4.78, 5) is 0. The zero-order valence-electron chi connectivity index (χ0n) is 10.6. The average molecular weight is 260 g/mol. The molecule has 2 rings (SSSR count). The van der Waals surface area contributed by atoms with Crippen LogP contribution in [0, 0.1) is 6.92 Å². The van der Waals surface area contributed by atoms with Crippen LogP contribution in [0.15, 0.2) is 48.5 Å². The molecular formula is C16H18ClN. The van der Waals surface area contributed by atoms with Gasteiger partial charge in [-0.25, -0.2) is 0 Å². The first-order valence-corrected chi connectivity index (χ1v) is 6.68. The molecule has 94 valence electrons. The molecule has 0 radical (unpaired) electrons. The van der Waals surface area contributed by atoms with Crippen LogP contribution in [0.4, 0.5) is 5.69 Å². The minimum Gasteiger partial charge on any atom is -0.385 e. The lowest BCUT2D eigenvalue weighted by Gasteiger charge is -2.10. The number of hydrogen-bond acceptors (Lipinski definition) is 1. The van der Waals surface area contributed by atoms with Crippen LogP contribution in [-0.4, -0.2) is 6.54 Å². The average Bonchev–Trinajstić information content (AvgIpc) is 2.40. The lowest BCUT2D eigenvalue weighted by atomic mass is 10.1. The quantitative estimate of drug-likeness (QED) is 0.768. The lowest BCUT2D eigenvalue weighted by Crippen LogP contribution is -2.04. The number of benzene rings is 2. The normalized spacial score (nSPS) is 10.3. The minimum atomic E-state index is 0.822. The molecule has 0 spiro atoms. The number of anilines is 1. The van der Waals surface area contributed by atoms with Gasteiger partial charge in [0.2, 0.25) is 0 Å². The van der Waals surface area contributed by atoms with Crippen molar-refractivity contribution < 1.29 is 0 Å². The van der Waals surface area contributed by atoms with E-state index in [2.05, 4.69) is 41.7 Å². The maximum Gasteiger partial charge on any atom is 0.0455 e. The van der Waals surface area contributed by atoms with Crippen LogP contribution < -0.4 is 5.32 Å². The summed E-state index contributed by atoms with van der Waals surface area (Å²) in [5.74, 6) is 0. The largest absolute Gasteiger partial charge is 0.385 e. The van der Waals surface area contributed by atoms with E-state index in [-0.39, 0.29) is 0 Å². The fraction of sp³-hybridized carbons (Fsp3) is 0.250. The summed E-state index contributed by atoms with van der Waals surface area (Å²) in [6.45, 7) is 3.01. The topological polar surface area (TPSA) is 12.0 Å². The van der Waals surface area contributed by atoms with Crippen molar-refractivity contribution in [3.05, 3.63) is 64.7 Å². The van der Waals surface area contributed by atoms with Gasteiger partial charge in [-0.05, 0) is 43.0 Å². The third kappa shape index (κ3) is 3.51. The van der Waals surface area contributed by atoms with Crippen molar-refractivity contribution in [2.45, 2.75) is 19.8 Å². The predicted octanol–water partition coefficient (Wildman–Crippen LogP) is 4.69. The van der Waals surface area contributed by atoms with E-state index in [1.54, 1.807) is 0 Å². The molecule has 0 saturated heterocycles. The summed E-state index contributed by atoms with van der Waals surface area (Å²) in [6, 6.07) is 16.5. The van der Waals surface area contributed by atoms with E-state index < -0.39 is 0 Å².